The second-order valence-electron chi connectivity index (χ2n) is 10.6. The Bertz CT molecular complexity index is 1490. The first-order chi connectivity index (χ1) is 20.3. The van der Waals surface area contributed by atoms with Crippen LogP contribution in [0, 0.1) is 5.82 Å². The van der Waals surface area contributed by atoms with E-state index in [1.54, 1.807) is 31.4 Å². The second kappa shape index (κ2) is 11.9. The molecular weight excluding hydrogens is 561 g/mol. The molecule has 4 aromatic rings. The Morgan fingerprint density at radius 2 is 1.38 bits per heavy atom. The van der Waals surface area contributed by atoms with Crippen LogP contribution >= 0.6 is 11.6 Å². The normalized spacial score (nSPS) is 16.2. The van der Waals surface area contributed by atoms with Gasteiger partial charge in [-0.15, -0.1) is 0 Å². The summed E-state index contributed by atoms with van der Waals surface area (Å²) < 4.78 is 27.1. The molecule has 0 aliphatic carbocycles. The number of aromatic nitrogens is 3. The van der Waals surface area contributed by atoms with Gasteiger partial charge in [-0.25, -0.2) is 14.4 Å². The molecule has 4 heterocycles. The Hall–Kier alpha value is -3.67. The van der Waals surface area contributed by atoms with Crippen molar-refractivity contribution in [1.82, 2.24) is 24.8 Å². The Balaban J connectivity index is 1.30. The molecule has 2 N–H and O–H groups in total. The monoisotopic (exact) mass is 591 g/mol. The molecule has 0 spiro atoms. The number of pyridine rings is 1. The first kappa shape index (κ1) is 28.4. The minimum absolute atomic E-state index is 0.269. The van der Waals surface area contributed by atoms with Crippen LogP contribution in [-0.2, 0) is 13.1 Å². The molecule has 0 unspecified atom stereocenters. The number of methoxy groups -OCH3 is 2. The average molecular weight is 592 g/mol. The average Bonchev–Trinajstić information content (AvgIpc) is 2.96. The number of nitrogens with zero attached hydrogens (tertiary/aromatic N) is 5. The number of likely N-dealkylation sites (tertiary alicyclic amines) is 2. The first-order valence-electron chi connectivity index (χ1n) is 13.7. The third-order valence-electron chi connectivity index (χ3n) is 7.62. The van der Waals surface area contributed by atoms with Crippen LogP contribution in [0.2, 0.25) is 5.02 Å². The maximum Gasteiger partial charge on any atom is 0.237 e. The predicted octanol–water partition coefficient (Wildman–Crippen LogP) is 4.04. The molecule has 2 aromatic heterocycles. The lowest BCUT2D eigenvalue weighted by atomic mass is 9.97. The van der Waals surface area contributed by atoms with E-state index in [2.05, 4.69) is 14.9 Å². The van der Waals surface area contributed by atoms with Gasteiger partial charge in [-0.05, 0) is 12.1 Å². The highest BCUT2D eigenvalue weighted by molar-refractivity contribution is 6.36. The van der Waals surface area contributed by atoms with Crippen LogP contribution in [0.1, 0.15) is 11.3 Å². The summed E-state index contributed by atoms with van der Waals surface area (Å²) >= 11 is 6.91. The fourth-order valence-corrected chi connectivity index (χ4v) is 5.71. The second-order valence-corrected chi connectivity index (χ2v) is 11.0. The van der Waals surface area contributed by atoms with Crippen LogP contribution in [0.15, 0.2) is 54.7 Å². The molecule has 2 aliphatic heterocycles. The van der Waals surface area contributed by atoms with Crippen molar-refractivity contribution in [2.45, 2.75) is 25.3 Å². The molecule has 2 saturated heterocycles. The van der Waals surface area contributed by atoms with E-state index < -0.39 is 5.82 Å². The van der Waals surface area contributed by atoms with Crippen molar-refractivity contribution < 1.29 is 24.1 Å². The van der Waals surface area contributed by atoms with Gasteiger partial charge < -0.3 is 19.7 Å². The summed E-state index contributed by atoms with van der Waals surface area (Å²) in [5, 5.41) is 19.5. The Kier molecular flexibility index (Phi) is 8.06. The third kappa shape index (κ3) is 5.56. The number of ether oxygens (including phenoxy) is 2. The lowest BCUT2D eigenvalue weighted by Crippen LogP contribution is -2.50. The number of benzene rings is 2. The molecule has 2 fully saturated rings. The largest absolute Gasteiger partial charge is 0.481 e. The van der Waals surface area contributed by atoms with Crippen molar-refractivity contribution in [3.63, 3.8) is 0 Å². The minimum Gasteiger partial charge on any atom is -0.481 e. The maximum absolute atomic E-state index is 16.1. The summed E-state index contributed by atoms with van der Waals surface area (Å²) in [4.78, 5) is 17.9. The number of β-amino-alcohol motifs (C(OH)–C–C–N with tert-alkyl or cyclic N) is 2. The van der Waals surface area contributed by atoms with Crippen LogP contribution in [0.4, 0.5) is 4.39 Å². The summed E-state index contributed by atoms with van der Waals surface area (Å²) in [5.74, 6) is 0.307. The van der Waals surface area contributed by atoms with Crippen LogP contribution in [-0.4, -0.2) is 87.6 Å². The fourth-order valence-electron chi connectivity index (χ4n) is 5.39. The Morgan fingerprint density at radius 3 is 2.05 bits per heavy atom. The van der Waals surface area contributed by atoms with Gasteiger partial charge in [-0.3, -0.25) is 14.8 Å². The predicted molar refractivity (Wildman–Crippen MR) is 157 cm³/mol. The zero-order valence-corrected chi connectivity index (χ0v) is 24.1. The van der Waals surface area contributed by atoms with Crippen LogP contribution in [0.5, 0.6) is 11.8 Å². The molecule has 0 amide bonds. The molecular formula is C31H31ClFN5O4. The number of aliphatic hydroxyl groups is 2. The molecule has 0 atom stereocenters. The minimum atomic E-state index is -0.482. The summed E-state index contributed by atoms with van der Waals surface area (Å²) in [5.41, 5.74) is 4.21. The van der Waals surface area contributed by atoms with Crippen molar-refractivity contribution in [2.75, 3.05) is 40.4 Å². The van der Waals surface area contributed by atoms with E-state index in [1.807, 2.05) is 29.2 Å². The lowest BCUT2D eigenvalue weighted by Gasteiger charge is -2.35. The van der Waals surface area contributed by atoms with E-state index in [0.29, 0.717) is 89.8 Å². The molecule has 42 heavy (non-hydrogen) atoms. The Morgan fingerprint density at radius 1 is 0.786 bits per heavy atom. The summed E-state index contributed by atoms with van der Waals surface area (Å²) in [6.07, 6.45) is 0.920. The number of halogens is 2. The van der Waals surface area contributed by atoms with Crippen LogP contribution < -0.4 is 9.47 Å². The molecule has 11 heteroatoms. The quantitative estimate of drug-likeness (QED) is 0.298. The zero-order chi connectivity index (χ0) is 29.4. The van der Waals surface area contributed by atoms with Crippen LogP contribution in [0.25, 0.3) is 33.6 Å². The molecule has 0 saturated carbocycles. The highest BCUT2D eigenvalue weighted by atomic mass is 35.5. The Labute approximate surface area is 248 Å². The van der Waals surface area contributed by atoms with E-state index >= 15 is 4.39 Å². The summed E-state index contributed by atoms with van der Waals surface area (Å²) in [7, 11) is 3.07. The molecule has 2 aromatic carbocycles. The van der Waals surface area contributed by atoms with E-state index in [-0.39, 0.29) is 17.8 Å². The smallest absolute Gasteiger partial charge is 0.237 e. The molecule has 0 radical (unpaired) electrons. The summed E-state index contributed by atoms with van der Waals surface area (Å²) in [6, 6.07) is 14.3. The van der Waals surface area contributed by atoms with Crippen molar-refractivity contribution >= 4 is 11.6 Å². The SMILES string of the molecule is COc1nc(-c2cccc(-c3cccc(-c4cnc(CN5CC(O)C5)c(OC)n4)c3F)c2Cl)ccc1CN1CC(O)C1. The van der Waals surface area contributed by atoms with E-state index in [9.17, 15) is 10.2 Å². The molecule has 9 nitrogen and oxygen atoms in total. The topological polar surface area (TPSA) is 104 Å². The van der Waals surface area contributed by atoms with Gasteiger partial charge in [0.2, 0.25) is 11.8 Å². The molecule has 2 aliphatic rings. The van der Waals surface area contributed by atoms with Crippen LogP contribution in [0.3, 0.4) is 0 Å². The molecule has 218 valence electrons. The van der Waals surface area contributed by atoms with Crippen molar-refractivity contribution in [2.24, 2.45) is 0 Å². The van der Waals surface area contributed by atoms with Gasteiger partial charge in [-0.1, -0.05) is 48.0 Å². The molecule has 0 bridgehead atoms. The number of aliphatic hydroxyl groups excluding tert-OH is 2. The fraction of sp³-hybridized carbons (Fsp3) is 0.323. The van der Waals surface area contributed by atoms with Gasteiger partial charge in [-0.2, -0.15) is 0 Å². The highest BCUT2D eigenvalue weighted by Gasteiger charge is 2.27. The number of hydrogen-bond donors (Lipinski definition) is 2. The zero-order valence-electron chi connectivity index (χ0n) is 23.3. The van der Waals surface area contributed by atoms with Gasteiger partial charge in [0, 0.05) is 67.1 Å². The van der Waals surface area contributed by atoms with Gasteiger partial charge >= 0.3 is 0 Å². The number of hydrogen-bond acceptors (Lipinski definition) is 9. The van der Waals surface area contributed by atoms with E-state index in [4.69, 9.17) is 26.1 Å². The highest BCUT2D eigenvalue weighted by Crippen LogP contribution is 2.39. The van der Waals surface area contributed by atoms with Gasteiger partial charge in [0.05, 0.1) is 49.0 Å². The number of rotatable bonds is 9. The lowest BCUT2D eigenvalue weighted by molar-refractivity contribution is -0.00407. The van der Waals surface area contributed by atoms with Gasteiger partial charge in [0.1, 0.15) is 11.5 Å². The van der Waals surface area contributed by atoms with Crippen molar-refractivity contribution in [3.8, 4) is 45.4 Å². The van der Waals surface area contributed by atoms with Gasteiger partial charge in [0.25, 0.3) is 0 Å². The molecule has 6 rings (SSSR count). The standard InChI is InChI=1S/C31H31ClFN5O4/c1-41-30-18(12-37-13-19(39)14-37)9-10-25(35-30)23-7-3-5-21(28(23)32)22-6-4-8-24(29(22)33)26-11-34-27(31(36-26)42-2)17-38-15-20(40)16-38/h3-11,19-20,39-40H,12-17H2,1-2H3. The van der Waals surface area contributed by atoms with Gasteiger partial charge in [0.15, 0.2) is 0 Å². The summed E-state index contributed by atoms with van der Waals surface area (Å²) in [6.45, 7) is 3.48. The van der Waals surface area contributed by atoms with E-state index in [1.165, 1.54) is 13.3 Å². The maximum atomic E-state index is 16.1. The van der Waals surface area contributed by atoms with Crippen molar-refractivity contribution in [1.29, 1.82) is 0 Å². The first-order valence-corrected chi connectivity index (χ1v) is 14.0. The third-order valence-corrected chi connectivity index (χ3v) is 8.03. The van der Waals surface area contributed by atoms with Crippen molar-refractivity contribution in [3.05, 3.63) is 76.8 Å². The van der Waals surface area contributed by atoms with E-state index in [0.717, 1.165) is 5.56 Å².